The number of amides is 1. The number of halogens is 1. The van der Waals surface area contributed by atoms with Gasteiger partial charge in [-0.05, 0) is 54.1 Å². The summed E-state index contributed by atoms with van der Waals surface area (Å²) in [6, 6.07) is 26.5. The number of hydrogen-bond donors (Lipinski definition) is 0. The Kier molecular flexibility index (Phi) is 8.04. The molecule has 0 aliphatic rings. The lowest BCUT2D eigenvalue weighted by Gasteiger charge is -2.22. The summed E-state index contributed by atoms with van der Waals surface area (Å²) in [5.41, 5.74) is 2.55. The third-order valence-corrected chi connectivity index (χ3v) is 9.46. The maximum atomic E-state index is 13.8. The quantitative estimate of drug-likeness (QED) is 0.203. The molecule has 0 saturated carbocycles. The van der Waals surface area contributed by atoms with Crippen LogP contribution in [0.2, 0.25) is 5.02 Å². The molecule has 0 N–H and O–H groups in total. The Bertz CT molecular complexity index is 1690. The van der Waals surface area contributed by atoms with Crippen LogP contribution in [0.4, 0.5) is 5.13 Å². The molecular weight excluding hydrogens is 552 g/mol. The largest absolute Gasteiger partial charge is 0.278 e. The predicted molar refractivity (Wildman–Crippen MR) is 156 cm³/mol. The molecule has 0 spiro atoms. The Hall–Kier alpha value is -3.63. The van der Waals surface area contributed by atoms with Gasteiger partial charge in [-0.3, -0.25) is 14.7 Å². The number of pyridine rings is 1. The first-order chi connectivity index (χ1) is 18.9. The van der Waals surface area contributed by atoms with E-state index in [-0.39, 0.29) is 23.9 Å². The number of anilines is 1. The van der Waals surface area contributed by atoms with E-state index < -0.39 is 10.0 Å². The molecule has 0 atom stereocenters. The number of para-hydroxylation sites is 1. The predicted octanol–water partition coefficient (Wildman–Crippen LogP) is 6.40. The lowest BCUT2D eigenvalue weighted by Crippen LogP contribution is -2.31. The van der Waals surface area contributed by atoms with Crippen molar-refractivity contribution in [2.45, 2.75) is 24.9 Å². The highest BCUT2D eigenvalue weighted by Crippen LogP contribution is 2.34. The molecule has 5 aromatic rings. The molecule has 0 fully saturated rings. The third kappa shape index (κ3) is 5.86. The number of benzene rings is 3. The van der Waals surface area contributed by atoms with E-state index in [4.69, 9.17) is 11.6 Å². The van der Waals surface area contributed by atoms with Crippen molar-refractivity contribution in [1.82, 2.24) is 14.3 Å². The summed E-state index contributed by atoms with van der Waals surface area (Å²) >= 11 is 7.70. The standard InChI is InChI=1S/C29H25ClN4O3S2/c1-2-33(19-21-9-4-3-5-10-21)39(36,37)24-16-14-22(15-17-24)28(35)34(20-23-11-6-7-18-31-23)29-32-27-25(30)12-8-13-26(27)38-29/h3-18H,2,19-20H2,1H3. The molecule has 0 bridgehead atoms. The molecule has 39 heavy (non-hydrogen) atoms. The smallest absolute Gasteiger partial charge is 0.260 e. The van der Waals surface area contributed by atoms with Crippen LogP contribution in [0, 0.1) is 0 Å². The first-order valence-electron chi connectivity index (χ1n) is 12.3. The number of thiazole rings is 1. The van der Waals surface area contributed by atoms with Crippen LogP contribution in [0.5, 0.6) is 0 Å². The second-order valence-electron chi connectivity index (χ2n) is 8.74. The van der Waals surface area contributed by atoms with E-state index in [2.05, 4.69) is 9.97 Å². The Balaban J connectivity index is 1.45. The molecule has 10 heteroatoms. The van der Waals surface area contributed by atoms with Crippen molar-refractivity contribution in [2.75, 3.05) is 11.4 Å². The Morgan fingerprint density at radius 1 is 0.897 bits per heavy atom. The molecular formula is C29H25ClN4O3S2. The topological polar surface area (TPSA) is 83.5 Å². The Morgan fingerprint density at radius 3 is 2.31 bits per heavy atom. The second kappa shape index (κ2) is 11.6. The zero-order valence-electron chi connectivity index (χ0n) is 21.1. The lowest BCUT2D eigenvalue weighted by molar-refractivity contribution is 0.0984. The minimum Gasteiger partial charge on any atom is -0.278 e. The fraction of sp³-hybridized carbons (Fsp3) is 0.138. The van der Waals surface area contributed by atoms with Gasteiger partial charge in [0.25, 0.3) is 5.91 Å². The molecule has 2 heterocycles. The van der Waals surface area contributed by atoms with Crippen LogP contribution in [-0.4, -0.2) is 35.1 Å². The molecule has 7 nitrogen and oxygen atoms in total. The number of carbonyl (C=O) groups is 1. The van der Waals surface area contributed by atoms with E-state index in [9.17, 15) is 13.2 Å². The minimum absolute atomic E-state index is 0.125. The van der Waals surface area contributed by atoms with Gasteiger partial charge in [0.05, 0.1) is 26.9 Å². The molecule has 0 radical (unpaired) electrons. The number of fused-ring (bicyclic) bond motifs is 1. The zero-order chi connectivity index (χ0) is 27.4. The molecule has 1 amide bonds. The summed E-state index contributed by atoms with van der Waals surface area (Å²) in [5, 5.41) is 0.983. The van der Waals surface area contributed by atoms with Crippen LogP contribution in [0.1, 0.15) is 28.5 Å². The highest BCUT2D eigenvalue weighted by Gasteiger charge is 2.26. The average Bonchev–Trinajstić information content (AvgIpc) is 3.41. The maximum absolute atomic E-state index is 13.8. The Morgan fingerprint density at radius 2 is 1.64 bits per heavy atom. The highest BCUT2D eigenvalue weighted by molar-refractivity contribution is 7.89. The van der Waals surface area contributed by atoms with Crippen molar-refractivity contribution >= 4 is 54.2 Å². The number of sulfonamides is 1. The fourth-order valence-corrected chi connectivity index (χ4v) is 6.83. The lowest BCUT2D eigenvalue weighted by atomic mass is 10.2. The third-order valence-electron chi connectivity index (χ3n) is 6.17. The van der Waals surface area contributed by atoms with Crippen LogP contribution in [0.3, 0.4) is 0 Å². The van der Waals surface area contributed by atoms with Crippen molar-refractivity contribution in [2.24, 2.45) is 0 Å². The summed E-state index contributed by atoms with van der Waals surface area (Å²) in [5.74, 6) is -0.323. The monoisotopic (exact) mass is 576 g/mol. The summed E-state index contributed by atoms with van der Waals surface area (Å²) in [6.45, 7) is 2.57. The van der Waals surface area contributed by atoms with E-state index in [1.807, 2.05) is 60.7 Å². The van der Waals surface area contributed by atoms with Crippen LogP contribution >= 0.6 is 22.9 Å². The van der Waals surface area contributed by atoms with Crippen LogP contribution < -0.4 is 4.90 Å². The van der Waals surface area contributed by atoms with Gasteiger partial charge in [-0.2, -0.15) is 4.31 Å². The number of nitrogens with zero attached hydrogens (tertiary/aromatic N) is 4. The van der Waals surface area contributed by atoms with E-state index in [1.54, 1.807) is 24.1 Å². The molecule has 2 aromatic heterocycles. The van der Waals surface area contributed by atoms with Crippen molar-refractivity contribution in [3.05, 3.63) is 119 Å². The Labute approximate surface area is 236 Å². The van der Waals surface area contributed by atoms with E-state index >= 15 is 0 Å². The van der Waals surface area contributed by atoms with Crippen LogP contribution in [-0.2, 0) is 23.1 Å². The van der Waals surface area contributed by atoms with E-state index in [1.165, 1.54) is 39.9 Å². The normalized spacial score (nSPS) is 11.7. The van der Waals surface area contributed by atoms with E-state index in [0.29, 0.717) is 33.5 Å². The highest BCUT2D eigenvalue weighted by atomic mass is 35.5. The van der Waals surface area contributed by atoms with Crippen molar-refractivity contribution in [1.29, 1.82) is 0 Å². The summed E-state index contributed by atoms with van der Waals surface area (Å²) in [4.78, 5) is 24.5. The molecule has 0 saturated heterocycles. The van der Waals surface area contributed by atoms with Crippen LogP contribution in [0.25, 0.3) is 10.2 Å². The van der Waals surface area contributed by atoms with Crippen molar-refractivity contribution in [3.8, 4) is 0 Å². The van der Waals surface area contributed by atoms with Gasteiger partial charge >= 0.3 is 0 Å². The first kappa shape index (κ1) is 27.0. The van der Waals surface area contributed by atoms with Gasteiger partial charge in [0, 0.05) is 24.8 Å². The molecule has 5 rings (SSSR count). The van der Waals surface area contributed by atoms with Gasteiger partial charge in [-0.15, -0.1) is 0 Å². The average molecular weight is 577 g/mol. The van der Waals surface area contributed by atoms with Crippen molar-refractivity contribution < 1.29 is 13.2 Å². The van der Waals surface area contributed by atoms with Gasteiger partial charge in [0.15, 0.2) is 5.13 Å². The number of rotatable bonds is 9. The van der Waals surface area contributed by atoms with Crippen LogP contribution in [0.15, 0.2) is 102 Å². The number of carbonyl (C=O) groups excluding carboxylic acids is 1. The maximum Gasteiger partial charge on any atom is 0.260 e. The summed E-state index contributed by atoms with van der Waals surface area (Å²) in [6.07, 6.45) is 1.67. The molecule has 198 valence electrons. The van der Waals surface area contributed by atoms with Gasteiger partial charge < -0.3 is 0 Å². The molecule has 0 aliphatic heterocycles. The second-order valence-corrected chi connectivity index (χ2v) is 12.1. The fourth-order valence-electron chi connectivity index (χ4n) is 4.13. The van der Waals surface area contributed by atoms with Gasteiger partial charge in [0.2, 0.25) is 10.0 Å². The van der Waals surface area contributed by atoms with Gasteiger partial charge in [-0.1, -0.05) is 72.3 Å². The van der Waals surface area contributed by atoms with Gasteiger partial charge in [0.1, 0.15) is 5.52 Å². The van der Waals surface area contributed by atoms with Gasteiger partial charge in [-0.25, -0.2) is 13.4 Å². The molecule has 3 aromatic carbocycles. The van der Waals surface area contributed by atoms with E-state index in [0.717, 1.165) is 10.3 Å². The first-order valence-corrected chi connectivity index (χ1v) is 14.9. The molecule has 0 unspecified atom stereocenters. The number of hydrogen-bond acceptors (Lipinski definition) is 6. The zero-order valence-corrected chi connectivity index (χ0v) is 23.5. The molecule has 0 aliphatic carbocycles. The van der Waals surface area contributed by atoms with Crippen molar-refractivity contribution in [3.63, 3.8) is 0 Å². The number of aromatic nitrogens is 2. The summed E-state index contributed by atoms with van der Waals surface area (Å²) in [7, 11) is -3.76. The summed E-state index contributed by atoms with van der Waals surface area (Å²) < 4.78 is 29.0. The minimum atomic E-state index is -3.76. The SMILES string of the molecule is CCN(Cc1ccccc1)S(=O)(=O)c1ccc(C(=O)N(Cc2ccccn2)c2nc3c(Cl)cccc3s2)cc1.